The van der Waals surface area contributed by atoms with Crippen LogP contribution in [0.15, 0.2) is 41.0 Å². The maximum Gasteiger partial charge on any atom is 0.270 e. The zero-order valence-corrected chi connectivity index (χ0v) is 15.1. The second-order valence-corrected chi connectivity index (χ2v) is 6.67. The van der Waals surface area contributed by atoms with E-state index in [9.17, 15) is 9.90 Å². The van der Waals surface area contributed by atoms with E-state index in [1.165, 1.54) is 0 Å². The maximum atomic E-state index is 12.6. The molecule has 5 nitrogen and oxygen atoms in total. The van der Waals surface area contributed by atoms with Crippen LogP contribution in [0, 0.1) is 13.8 Å². The molecular weight excluding hydrogens is 370 g/mol. The third-order valence-corrected chi connectivity index (χ3v) is 4.33. The van der Waals surface area contributed by atoms with Gasteiger partial charge in [0.1, 0.15) is 17.1 Å². The van der Waals surface area contributed by atoms with E-state index in [2.05, 4.69) is 26.2 Å². The highest BCUT2D eigenvalue weighted by atomic mass is 79.9. The molecule has 0 saturated heterocycles. The van der Waals surface area contributed by atoms with Crippen LogP contribution in [0.4, 0.5) is 0 Å². The molecule has 0 atom stereocenters. The number of pyridine rings is 1. The van der Waals surface area contributed by atoms with Crippen molar-refractivity contribution in [1.82, 2.24) is 14.7 Å². The van der Waals surface area contributed by atoms with Crippen molar-refractivity contribution >= 4 is 27.5 Å². The second kappa shape index (κ2) is 6.65. The van der Waals surface area contributed by atoms with Crippen molar-refractivity contribution in [2.24, 2.45) is 0 Å². The van der Waals surface area contributed by atoms with Gasteiger partial charge in [-0.1, -0.05) is 12.1 Å². The summed E-state index contributed by atoms with van der Waals surface area (Å²) in [7, 11) is 0. The number of phenolic OH excluding ortho intramolecular Hbond substituents is 1. The SMILES string of the molecule is Cc1nc2c(C)cc(Br)cn2c1C(=O)NCCc1ccc(O)cc1. The number of carbonyl (C=O) groups is 1. The molecule has 124 valence electrons. The quantitative estimate of drug-likeness (QED) is 0.720. The number of benzene rings is 1. The lowest BCUT2D eigenvalue weighted by atomic mass is 10.1. The summed E-state index contributed by atoms with van der Waals surface area (Å²) in [5.74, 6) is 0.0985. The summed E-state index contributed by atoms with van der Waals surface area (Å²) in [5, 5.41) is 12.2. The van der Waals surface area contributed by atoms with E-state index in [-0.39, 0.29) is 11.7 Å². The van der Waals surface area contributed by atoms with Crippen molar-refractivity contribution in [1.29, 1.82) is 0 Å². The molecule has 0 aliphatic heterocycles. The van der Waals surface area contributed by atoms with Crippen molar-refractivity contribution in [3.8, 4) is 5.75 Å². The standard InChI is InChI=1S/C18H18BrN3O2/c1-11-9-14(19)10-22-16(12(2)21-17(11)22)18(24)20-8-7-13-3-5-15(23)6-4-13/h3-6,9-10,23H,7-8H2,1-2H3,(H,20,24). The van der Waals surface area contributed by atoms with Gasteiger partial charge in [0.15, 0.2) is 0 Å². The van der Waals surface area contributed by atoms with Gasteiger partial charge in [-0.15, -0.1) is 0 Å². The monoisotopic (exact) mass is 387 g/mol. The lowest BCUT2D eigenvalue weighted by Crippen LogP contribution is -2.27. The van der Waals surface area contributed by atoms with Crippen molar-refractivity contribution in [2.75, 3.05) is 6.54 Å². The summed E-state index contributed by atoms with van der Waals surface area (Å²) >= 11 is 3.46. The van der Waals surface area contributed by atoms with Crippen LogP contribution in [0.5, 0.6) is 5.75 Å². The van der Waals surface area contributed by atoms with Crippen LogP contribution in [0.1, 0.15) is 27.3 Å². The fraction of sp³-hybridized carbons (Fsp3) is 0.222. The number of aryl methyl sites for hydroxylation is 2. The number of carbonyl (C=O) groups excluding carboxylic acids is 1. The number of amides is 1. The van der Waals surface area contributed by atoms with Crippen molar-refractivity contribution < 1.29 is 9.90 Å². The van der Waals surface area contributed by atoms with Gasteiger partial charge < -0.3 is 10.4 Å². The first kappa shape index (κ1) is 16.5. The number of fused-ring (bicyclic) bond motifs is 1. The van der Waals surface area contributed by atoms with Gasteiger partial charge in [0.2, 0.25) is 0 Å². The minimum absolute atomic E-state index is 0.142. The topological polar surface area (TPSA) is 66.6 Å². The van der Waals surface area contributed by atoms with Gasteiger partial charge in [0.25, 0.3) is 5.91 Å². The Hall–Kier alpha value is -2.34. The Bertz CT molecular complexity index is 901. The molecule has 0 radical (unpaired) electrons. The van der Waals surface area contributed by atoms with E-state index in [1.54, 1.807) is 12.1 Å². The Morgan fingerprint density at radius 2 is 2.00 bits per heavy atom. The predicted molar refractivity (Wildman–Crippen MR) is 96.5 cm³/mol. The van der Waals surface area contributed by atoms with Gasteiger partial charge in [-0.2, -0.15) is 0 Å². The van der Waals surface area contributed by atoms with Gasteiger partial charge in [-0.25, -0.2) is 4.98 Å². The van der Waals surface area contributed by atoms with E-state index in [4.69, 9.17) is 0 Å². The zero-order valence-electron chi connectivity index (χ0n) is 13.5. The molecule has 1 aromatic carbocycles. The molecule has 3 aromatic rings. The normalized spacial score (nSPS) is 11.0. The molecule has 0 aliphatic carbocycles. The number of hydrogen-bond donors (Lipinski definition) is 2. The van der Waals surface area contributed by atoms with Gasteiger partial charge in [-0.05, 0) is 65.5 Å². The number of nitrogens with zero attached hydrogens (tertiary/aromatic N) is 2. The summed E-state index contributed by atoms with van der Waals surface area (Å²) in [6.45, 7) is 4.33. The molecule has 0 bridgehead atoms. The third-order valence-electron chi connectivity index (χ3n) is 3.90. The molecular formula is C18H18BrN3O2. The fourth-order valence-corrected chi connectivity index (χ4v) is 3.27. The van der Waals surface area contributed by atoms with E-state index in [0.29, 0.717) is 24.4 Å². The van der Waals surface area contributed by atoms with Gasteiger partial charge in [0.05, 0.1) is 5.69 Å². The molecule has 0 aliphatic rings. The Balaban J connectivity index is 1.76. The van der Waals surface area contributed by atoms with Crippen LogP contribution in [0.25, 0.3) is 5.65 Å². The van der Waals surface area contributed by atoms with Crippen molar-refractivity contribution in [3.05, 3.63) is 63.5 Å². The van der Waals surface area contributed by atoms with Crippen LogP contribution < -0.4 is 5.32 Å². The number of nitrogens with one attached hydrogen (secondary N) is 1. The van der Waals surface area contributed by atoms with Gasteiger partial charge in [-0.3, -0.25) is 9.20 Å². The molecule has 0 fully saturated rings. The summed E-state index contributed by atoms with van der Waals surface area (Å²) in [5.41, 5.74) is 4.12. The first-order chi connectivity index (χ1) is 11.5. The zero-order chi connectivity index (χ0) is 17.3. The molecule has 2 heterocycles. The third kappa shape index (κ3) is 3.28. The molecule has 2 N–H and O–H groups in total. The fourth-order valence-electron chi connectivity index (χ4n) is 2.72. The Kier molecular flexibility index (Phi) is 4.57. The van der Waals surface area contributed by atoms with Crippen molar-refractivity contribution in [2.45, 2.75) is 20.3 Å². The number of hydrogen-bond acceptors (Lipinski definition) is 3. The van der Waals surface area contributed by atoms with E-state index >= 15 is 0 Å². The highest BCUT2D eigenvalue weighted by Crippen LogP contribution is 2.20. The maximum absolute atomic E-state index is 12.6. The molecule has 3 rings (SSSR count). The smallest absolute Gasteiger partial charge is 0.270 e. The van der Waals surface area contributed by atoms with E-state index < -0.39 is 0 Å². The van der Waals surface area contributed by atoms with Crippen LogP contribution in [0.2, 0.25) is 0 Å². The number of imidazole rings is 1. The Labute approximate surface area is 148 Å². The summed E-state index contributed by atoms with van der Waals surface area (Å²) in [6, 6.07) is 8.97. The molecule has 2 aromatic heterocycles. The molecule has 1 amide bonds. The summed E-state index contributed by atoms with van der Waals surface area (Å²) < 4.78 is 2.73. The predicted octanol–water partition coefficient (Wildman–Crippen LogP) is 3.39. The minimum Gasteiger partial charge on any atom is -0.508 e. The molecule has 0 unspecified atom stereocenters. The molecule has 24 heavy (non-hydrogen) atoms. The highest BCUT2D eigenvalue weighted by molar-refractivity contribution is 9.10. The number of aromatic nitrogens is 2. The van der Waals surface area contributed by atoms with E-state index in [1.807, 2.05) is 42.6 Å². The van der Waals surface area contributed by atoms with Crippen LogP contribution >= 0.6 is 15.9 Å². The first-order valence-electron chi connectivity index (χ1n) is 7.66. The first-order valence-corrected chi connectivity index (χ1v) is 8.46. The van der Waals surface area contributed by atoms with E-state index in [0.717, 1.165) is 21.2 Å². The number of phenols is 1. The summed E-state index contributed by atoms with van der Waals surface area (Å²) in [6.07, 6.45) is 2.56. The Morgan fingerprint density at radius 3 is 2.71 bits per heavy atom. The number of halogens is 1. The summed E-state index contributed by atoms with van der Waals surface area (Å²) in [4.78, 5) is 17.1. The minimum atomic E-state index is -0.142. The number of rotatable bonds is 4. The van der Waals surface area contributed by atoms with Crippen LogP contribution in [-0.2, 0) is 6.42 Å². The molecule has 0 saturated carbocycles. The van der Waals surface area contributed by atoms with Gasteiger partial charge in [0, 0.05) is 17.2 Å². The average molecular weight is 388 g/mol. The second-order valence-electron chi connectivity index (χ2n) is 5.75. The lowest BCUT2D eigenvalue weighted by molar-refractivity contribution is 0.0947. The van der Waals surface area contributed by atoms with Crippen LogP contribution in [0.3, 0.4) is 0 Å². The molecule has 0 spiro atoms. The van der Waals surface area contributed by atoms with Crippen LogP contribution in [-0.4, -0.2) is 26.9 Å². The number of aromatic hydroxyl groups is 1. The molecule has 6 heteroatoms. The largest absolute Gasteiger partial charge is 0.508 e. The Morgan fingerprint density at radius 1 is 1.29 bits per heavy atom. The van der Waals surface area contributed by atoms with Crippen molar-refractivity contribution in [3.63, 3.8) is 0 Å². The average Bonchev–Trinajstić information content (AvgIpc) is 2.85. The highest BCUT2D eigenvalue weighted by Gasteiger charge is 2.17. The van der Waals surface area contributed by atoms with Gasteiger partial charge >= 0.3 is 0 Å². The lowest BCUT2D eigenvalue weighted by Gasteiger charge is -2.07.